The fourth-order valence-electron chi connectivity index (χ4n) is 8.44. The second-order valence-electron chi connectivity index (χ2n) is 29.5. The van der Waals surface area contributed by atoms with Crippen LogP contribution in [0.3, 0.4) is 0 Å². The fraction of sp³-hybridized carbons (Fsp3) is 0.918. The van der Waals surface area contributed by atoms with E-state index in [2.05, 4.69) is 44.0 Å². The number of azide groups is 2. The summed E-state index contributed by atoms with van der Waals surface area (Å²) in [6, 6.07) is 0. The number of ether oxygens (including phenoxy) is 6. The molecule has 0 heterocycles. The zero-order valence-electron chi connectivity index (χ0n) is 71.7. The minimum Gasteiger partial charge on any atom is -0.870 e. The Bertz CT molecular complexity index is 2510. The first-order valence-electron chi connectivity index (χ1n) is 39.3. The Morgan fingerprint density at radius 3 is 0.974 bits per heavy atom. The molecule has 0 saturated carbocycles. The van der Waals surface area contributed by atoms with Gasteiger partial charge in [0.2, 0.25) is 0 Å². The Morgan fingerprint density at radius 1 is 0.412 bits per heavy atom. The molecule has 41 heteroatoms. The van der Waals surface area contributed by atoms with Crippen LogP contribution < -0.4 is 68.4 Å². The third kappa shape index (κ3) is 103. The van der Waals surface area contributed by atoms with E-state index < -0.39 is 74.5 Å². The molecule has 0 radical (unpaired) electrons. The van der Waals surface area contributed by atoms with Gasteiger partial charge in [0, 0.05) is 53.6 Å². The van der Waals surface area contributed by atoms with Gasteiger partial charge in [-0.05, 0) is 230 Å². The van der Waals surface area contributed by atoms with Gasteiger partial charge in [-0.1, -0.05) is 135 Å². The Morgan fingerprint density at radius 2 is 0.711 bits per heavy atom. The normalized spacial score (nSPS) is 11.2. The molecule has 114 heavy (non-hydrogen) atoms. The van der Waals surface area contributed by atoms with E-state index in [4.69, 9.17) is 52.9 Å². The summed E-state index contributed by atoms with van der Waals surface area (Å²) in [5.74, 6) is -3.98. The van der Waals surface area contributed by atoms with E-state index in [1.165, 1.54) is 76.0 Å². The molecule has 0 spiro atoms. The zero-order valence-corrected chi connectivity index (χ0v) is 74.5. The molecule has 0 aromatic rings. The van der Waals surface area contributed by atoms with E-state index in [0.29, 0.717) is 19.5 Å². The van der Waals surface area contributed by atoms with Crippen LogP contribution in [0.1, 0.15) is 296 Å². The van der Waals surface area contributed by atoms with Gasteiger partial charge in [-0.2, -0.15) is 39.5 Å². The summed E-state index contributed by atoms with van der Waals surface area (Å²) in [7, 11) is -5.64. The van der Waals surface area contributed by atoms with Crippen LogP contribution in [0, 0.1) is 0 Å². The van der Waals surface area contributed by atoms with Gasteiger partial charge in [-0.15, -0.1) is 0 Å². The van der Waals surface area contributed by atoms with Crippen molar-refractivity contribution in [3.8, 4) is 0 Å². The summed E-state index contributed by atoms with van der Waals surface area (Å²) in [6.45, 7) is 38.0. The van der Waals surface area contributed by atoms with E-state index in [1.54, 1.807) is 46.1 Å². The van der Waals surface area contributed by atoms with Gasteiger partial charge in [-0.25, -0.2) is 32.4 Å². The summed E-state index contributed by atoms with van der Waals surface area (Å²) in [5.41, 5.74) is 29.4. The van der Waals surface area contributed by atoms with E-state index in [9.17, 15) is 76.7 Å². The molecule has 0 rings (SSSR count). The molecule has 0 aromatic heterocycles. The third-order valence-corrected chi connectivity index (χ3v) is 14.8. The molecule has 30 nitrogen and oxygen atoms in total. The van der Waals surface area contributed by atoms with Crippen molar-refractivity contribution in [3.63, 3.8) is 0 Å². The second-order valence-corrected chi connectivity index (χ2v) is 31.1. The molecule has 0 fully saturated rings. The van der Waals surface area contributed by atoms with Gasteiger partial charge in [0.25, 0.3) is 0 Å². The molecule has 0 unspecified atom stereocenters. The first-order chi connectivity index (χ1) is 52.0. The molecule has 0 bridgehead atoms. The monoisotopic (exact) mass is 1700 g/mol. The Balaban J connectivity index is -0.000000164. The number of nitrogens with two attached hydrogens (primary N) is 4. The van der Waals surface area contributed by atoms with Crippen LogP contribution in [0.15, 0.2) is 9.63 Å². The van der Waals surface area contributed by atoms with Crippen molar-refractivity contribution in [2.24, 2.45) is 32.6 Å². The first-order valence-corrected chi connectivity index (χ1v) is 40.7. The number of hydrogen-bond donors (Lipinski definition) is 7. The molecular formula is C73H147F9N15NaO15S. The topological polar surface area (TPSA) is 466 Å². The maximum atomic E-state index is 12.2. The number of unbranched alkanes of at least 4 members (excludes halogenated alkanes) is 22. The Kier molecular flexibility index (Phi) is 88.0. The largest absolute Gasteiger partial charge is 1.00 e. The predicted molar refractivity (Wildman–Crippen MR) is 423 cm³/mol. The van der Waals surface area contributed by atoms with Gasteiger partial charge in [0.15, 0.2) is 0 Å². The number of carbonyl (C=O) groups is 6. The molecule has 0 aromatic carbocycles. The van der Waals surface area contributed by atoms with E-state index >= 15 is 0 Å². The first kappa shape index (κ1) is 127. The van der Waals surface area contributed by atoms with Gasteiger partial charge in [-0.3, -0.25) is 4.79 Å². The zero-order chi connectivity index (χ0) is 87.6. The fourth-order valence-corrected chi connectivity index (χ4v) is 8.63. The number of halogens is 9. The summed E-state index contributed by atoms with van der Waals surface area (Å²) >= 11 is 0. The average molecular weight is 1700 g/mol. The van der Waals surface area contributed by atoms with Crippen molar-refractivity contribution in [1.82, 2.24) is 25.8 Å². The number of nitrogens with zero attached hydrogens (tertiary/aromatic N) is 8. The number of alkyl halides is 9. The van der Waals surface area contributed by atoms with Crippen LogP contribution in [0.25, 0.3) is 20.9 Å². The molecule has 3 amide bonds. The van der Waals surface area contributed by atoms with Crippen molar-refractivity contribution >= 4 is 46.4 Å². The average Bonchev–Trinajstić information content (AvgIpc) is 0.846. The molecule has 0 aliphatic heterocycles. The molecule has 0 aliphatic rings. The maximum absolute atomic E-state index is 12.2. The van der Waals surface area contributed by atoms with E-state index in [-0.39, 0.29) is 60.4 Å². The van der Waals surface area contributed by atoms with Crippen molar-refractivity contribution in [1.29, 1.82) is 0 Å². The summed E-state index contributed by atoms with van der Waals surface area (Å²) in [4.78, 5) is 74.5. The summed E-state index contributed by atoms with van der Waals surface area (Å²) in [6.07, 6.45) is 21.4. The van der Waals surface area contributed by atoms with Crippen LogP contribution in [0.4, 0.5) is 58.7 Å². The molecule has 0 atom stereocenters. The molecule has 674 valence electrons. The van der Waals surface area contributed by atoms with Crippen molar-refractivity contribution < 1.29 is 140 Å². The van der Waals surface area contributed by atoms with Crippen LogP contribution in [0.2, 0.25) is 0 Å². The number of nitrogens with one attached hydrogen (secondary N) is 3. The standard InChI is InChI=1S/C17H34N4O2.C17H36N2O2.C13H26F3N3O.C11H27N3.C10H18O5.C4H5F3O2.CF3N3O2S.Na.H2O/c1-5-6-14-21(16(22)23-17(2,3)4)15-12-10-8-7-9-11-13-19-20-18;1-5-6-14-19(16(20)21-17(2,3)4)15-12-10-8-7-9-11-13-18;14-13(15,16)12(20)19-11-6-4-2-1-3-5-9-18-10-7-8-17;12-8-5-3-1-2-4-6-10-14-11-7-9-13;1-9(2,3)14-7(11)13-8(12)15-10(4,5)6;1-2-9-3(8)4(5,6)7;2-1(3,4)10(8,9)7-6-5;;/h5-15H2,1-4H3;5-15,18H2,1-4H3;18H,1-11,17H2,(H,19,20);14H,1-13H2;1-6H3;2H2,1H3;;;1H2/q;;;;;;;+1;/p-1. The van der Waals surface area contributed by atoms with E-state index in [1.807, 2.05) is 56.7 Å². The Hall–Kier alpha value is -5.12. The SMILES string of the molecule is CC(C)(C)OC(=O)OC(=O)OC(C)(C)C.CCCCN(CCCCCCCCN)C(=O)OC(C)(C)C.CCCCN(CCCCCCCCN=[N+]=[N-])C(=O)OC(C)(C)C.CCOC(=O)C(F)(F)F.NCCCCCCCCNCCCN.NCCCNCCCCCCCCNC(=O)C(F)(F)F.[N-]=[N+]=NS(=O)(=O)C(F)(F)F.[Na+].[OH-]. The number of hydrogen-bond acceptors (Lipinski definition) is 22. The number of amides is 3. The minimum absolute atomic E-state index is 0. The van der Waals surface area contributed by atoms with Crippen LogP contribution in [-0.2, 0) is 48.0 Å². The van der Waals surface area contributed by atoms with E-state index in [0.717, 1.165) is 194 Å². The minimum atomic E-state index is -5.64. The second kappa shape index (κ2) is 79.0. The molecule has 0 aliphatic carbocycles. The van der Waals surface area contributed by atoms with Gasteiger partial charge in [0.1, 0.15) is 22.4 Å². The molecular weight excluding hydrogens is 1550 g/mol. The number of carbonyl (C=O) groups excluding carboxylic acids is 6. The van der Waals surface area contributed by atoms with Gasteiger partial charge >= 0.3 is 93.8 Å². The molecule has 12 N–H and O–H groups in total. The number of sulfonamides is 1. The smallest absolute Gasteiger partial charge is 0.870 e. The summed E-state index contributed by atoms with van der Waals surface area (Å²) in [5, 5.41) is 12.1. The predicted octanol–water partition coefficient (Wildman–Crippen LogP) is 15.1. The maximum Gasteiger partial charge on any atom is 1.00 e. The molecule has 0 saturated heterocycles. The van der Waals surface area contributed by atoms with Gasteiger partial charge < -0.3 is 82.6 Å². The quantitative estimate of drug-likeness (QED) is 0.00342. The number of rotatable bonds is 48. The van der Waals surface area contributed by atoms with Crippen molar-refractivity contribution in [2.45, 2.75) is 337 Å². The number of esters is 1. The van der Waals surface area contributed by atoms with Crippen molar-refractivity contribution in [3.05, 3.63) is 20.9 Å². The van der Waals surface area contributed by atoms with Crippen LogP contribution in [-0.4, -0.2) is 199 Å². The van der Waals surface area contributed by atoms with Crippen LogP contribution in [0.5, 0.6) is 0 Å². The van der Waals surface area contributed by atoms with Crippen LogP contribution >= 0.6 is 0 Å². The van der Waals surface area contributed by atoms with Gasteiger partial charge in [0.05, 0.1) is 6.61 Å². The summed E-state index contributed by atoms with van der Waals surface area (Å²) < 4.78 is 152. The Labute approximate surface area is 697 Å². The van der Waals surface area contributed by atoms with Crippen molar-refractivity contribution in [2.75, 3.05) is 98.2 Å². The third-order valence-electron chi connectivity index (χ3n) is 13.9.